The monoisotopic (exact) mass is 415 g/mol. The van der Waals surface area contributed by atoms with E-state index in [1.54, 1.807) is 18.2 Å². The van der Waals surface area contributed by atoms with Crippen LogP contribution < -0.4 is 70.0 Å². The van der Waals surface area contributed by atoms with Gasteiger partial charge in [-0.25, -0.2) is 8.42 Å². The number of carbonyl (C=O) groups is 1. The Balaban J connectivity index is 0.00000196. The van der Waals surface area contributed by atoms with E-state index in [4.69, 9.17) is 5.73 Å². The molecule has 0 aliphatic carbocycles. The average Bonchev–Trinajstić information content (AvgIpc) is 2.60. The predicted molar refractivity (Wildman–Crippen MR) is 91.3 cm³/mol. The number of benzene rings is 3. The first kappa shape index (κ1) is 24.7. The van der Waals surface area contributed by atoms with E-state index in [1.165, 1.54) is 30.3 Å². The summed E-state index contributed by atoms with van der Waals surface area (Å²) in [5, 5.41) is 19.1. The van der Waals surface area contributed by atoms with Crippen molar-refractivity contribution in [2.45, 2.75) is 4.90 Å². The zero-order chi connectivity index (χ0) is 18.9. The van der Waals surface area contributed by atoms with E-state index in [9.17, 15) is 22.9 Å². The molecular weight excluding hydrogens is 404 g/mol. The van der Waals surface area contributed by atoms with Crippen LogP contribution in [-0.4, -0.2) is 18.9 Å². The maximum atomic E-state index is 11.6. The number of rotatable bonds is 4. The summed E-state index contributed by atoms with van der Waals surface area (Å²) in [6.45, 7) is 0. The van der Waals surface area contributed by atoms with Crippen LogP contribution in [0.3, 0.4) is 0 Å². The van der Waals surface area contributed by atoms with E-state index >= 15 is 0 Å². The van der Waals surface area contributed by atoms with Crippen molar-refractivity contribution < 1.29 is 82.0 Å². The molecule has 2 N–H and O–H groups in total. The molecule has 0 bridgehead atoms. The van der Waals surface area contributed by atoms with Crippen LogP contribution in [0.15, 0.2) is 69.7 Å². The molecule has 0 unspecified atom stereocenters. The van der Waals surface area contributed by atoms with E-state index in [0.29, 0.717) is 11.1 Å². The maximum absolute atomic E-state index is 11.6. The summed E-state index contributed by atoms with van der Waals surface area (Å²) in [7, 11) is -4.75. The molecule has 0 saturated carbocycles. The van der Waals surface area contributed by atoms with Crippen LogP contribution in [-0.2, 0) is 10.1 Å². The summed E-state index contributed by atoms with van der Waals surface area (Å²) < 4.78 is 34.7. The van der Waals surface area contributed by atoms with Gasteiger partial charge in [-0.1, -0.05) is 36.4 Å². The van der Waals surface area contributed by atoms with E-state index < -0.39 is 21.0 Å². The van der Waals surface area contributed by atoms with Crippen molar-refractivity contribution in [2.75, 3.05) is 5.73 Å². The molecule has 11 heteroatoms. The first-order valence-electron chi connectivity index (χ1n) is 7.27. The Labute approximate surface area is 205 Å². The maximum Gasteiger partial charge on any atom is 1.00 e. The summed E-state index contributed by atoms with van der Waals surface area (Å²) in [6.07, 6.45) is 0. The van der Waals surface area contributed by atoms with Crippen molar-refractivity contribution in [3.63, 3.8) is 0 Å². The fraction of sp³-hybridized carbons (Fsp3) is 0. The van der Waals surface area contributed by atoms with Gasteiger partial charge in [0.15, 0.2) is 0 Å². The molecule has 132 valence electrons. The first-order valence-corrected chi connectivity index (χ1v) is 8.68. The van der Waals surface area contributed by atoms with E-state index in [0.717, 1.165) is 6.07 Å². The number of fused-ring (bicyclic) bond motifs is 1. The minimum Gasteiger partial charge on any atom is -0.744 e. The Morgan fingerprint density at radius 1 is 0.929 bits per heavy atom. The Hall–Kier alpha value is -1.30. The summed E-state index contributed by atoms with van der Waals surface area (Å²) in [6, 6.07) is 12.8. The summed E-state index contributed by atoms with van der Waals surface area (Å²) in [5.41, 5.74) is 6.50. The van der Waals surface area contributed by atoms with Crippen LogP contribution in [0.4, 0.5) is 17.1 Å². The Kier molecular flexibility index (Phi) is 8.79. The topological polar surface area (TPSA) is 148 Å². The molecule has 0 fully saturated rings. The number of carboxylic acid groups (broad SMARTS) is 1. The first-order chi connectivity index (χ1) is 12.3. The Morgan fingerprint density at radius 2 is 1.50 bits per heavy atom. The second kappa shape index (κ2) is 9.95. The smallest absolute Gasteiger partial charge is 0.744 e. The van der Waals surface area contributed by atoms with Gasteiger partial charge in [-0.05, 0) is 23.8 Å². The molecule has 3 aromatic carbocycles. The second-order valence-electron chi connectivity index (χ2n) is 5.34. The Morgan fingerprint density at radius 3 is 2.04 bits per heavy atom. The third-order valence-corrected chi connectivity index (χ3v) is 4.55. The number of nitrogen functional groups attached to an aromatic ring is 1. The van der Waals surface area contributed by atoms with Crippen molar-refractivity contribution in [3.8, 4) is 0 Å². The number of carbonyl (C=O) groups excluding carboxylic acids is 1. The number of nitrogens with zero attached hydrogens (tertiary/aromatic N) is 2. The molecule has 0 spiro atoms. The Bertz CT molecular complexity index is 1150. The number of hydrogen-bond donors (Lipinski definition) is 1. The fourth-order valence-electron chi connectivity index (χ4n) is 2.42. The van der Waals surface area contributed by atoms with Crippen LogP contribution in [0.25, 0.3) is 10.8 Å². The number of aromatic carboxylic acids is 1. The van der Waals surface area contributed by atoms with Gasteiger partial charge in [0.2, 0.25) is 0 Å². The van der Waals surface area contributed by atoms with Crippen LogP contribution >= 0.6 is 0 Å². The quantitative estimate of drug-likeness (QED) is 0.199. The largest absolute Gasteiger partial charge is 1.00 e. The van der Waals surface area contributed by atoms with Crippen molar-refractivity contribution in [1.82, 2.24) is 0 Å². The van der Waals surface area contributed by atoms with Crippen LogP contribution in [0, 0.1) is 0 Å². The van der Waals surface area contributed by atoms with Crippen molar-refractivity contribution >= 4 is 43.9 Å². The van der Waals surface area contributed by atoms with Crippen LogP contribution in [0.1, 0.15) is 10.4 Å². The van der Waals surface area contributed by atoms with Gasteiger partial charge in [0.25, 0.3) is 0 Å². The molecule has 0 saturated heterocycles. The minimum absolute atomic E-state index is 0. The van der Waals surface area contributed by atoms with Gasteiger partial charge >= 0.3 is 59.1 Å². The number of hydrogen-bond acceptors (Lipinski definition) is 8. The normalized spacial score (nSPS) is 11.0. The molecule has 0 aliphatic heterocycles. The minimum atomic E-state index is -4.75. The molecule has 3 rings (SSSR count). The molecule has 28 heavy (non-hydrogen) atoms. The molecule has 0 heterocycles. The second-order valence-corrected chi connectivity index (χ2v) is 6.69. The zero-order valence-corrected chi connectivity index (χ0v) is 19.9. The summed E-state index contributed by atoms with van der Waals surface area (Å²) in [4.78, 5) is 10.3. The number of nitrogens with two attached hydrogens (primary N) is 1. The van der Waals surface area contributed by atoms with E-state index in [-0.39, 0.29) is 81.4 Å². The van der Waals surface area contributed by atoms with Gasteiger partial charge in [-0.2, -0.15) is 5.11 Å². The summed E-state index contributed by atoms with van der Waals surface area (Å²) >= 11 is 0. The third-order valence-electron chi connectivity index (χ3n) is 3.67. The average molecular weight is 415 g/mol. The van der Waals surface area contributed by atoms with Crippen molar-refractivity contribution in [3.05, 3.63) is 60.2 Å². The van der Waals surface area contributed by atoms with Crippen LogP contribution in [0.2, 0.25) is 0 Å². The SMILES string of the molecule is Nc1c(N=Nc2ccc(C(=O)[O-])cc2)cc(S(=O)(=O)[O-])c2ccccc12.[Na+].[Na+]. The number of carboxylic acids is 1. The van der Waals surface area contributed by atoms with Gasteiger partial charge in [0.1, 0.15) is 15.8 Å². The molecule has 8 nitrogen and oxygen atoms in total. The van der Waals surface area contributed by atoms with Crippen molar-refractivity contribution in [2.24, 2.45) is 10.2 Å². The van der Waals surface area contributed by atoms with E-state index in [1.807, 2.05) is 0 Å². The zero-order valence-electron chi connectivity index (χ0n) is 15.1. The molecule has 0 amide bonds. The van der Waals surface area contributed by atoms with Gasteiger partial charge in [0, 0.05) is 10.8 Å². The molecular formula is C17H11N3Na2O5S. The van der Waals surface area contributed by atoms with Gasteiger partial charge in [-0.3, -0.25) is 0 Å². The molecule has 3 aromatic rings. The molecule has 0 atom stereocenters. The summed E-state index contributed by atoms with van der Waals surface area (Å²) in [5.74, 6) is -1.32. The molecule has 0 radical (unpaired) electrons. The van der Waals surface area contributed by atoms with Gasteiger partial charge in [0.05, 0.1) is 22.2 Å². The fourth-order valence-corrected chi connectivity index (χ4v) is 3.12. The van der Waals surface area contributed by atoms with Gasteiger partial charge < -0.3 is 20.2 Å². The number of anilines is 1. The van der Waals surface area contributed by atoms with E-state index in [2.05, 4.69) is 10.2 Å². The van der Waals surface area contributed by atoms with Crippen molar-refractivity contribution in [1.29, 1.82) is 0 Å². The third kappa shape index (κ3) is 5.40. The predicted octanol–water partition coefficient (Wildman–Crippen LogP) is -3.89. The molecule has 0 aliphatic rings. The standard InChI is InChI=1S/C17H13N3O5S.2Na/c18-16-13-4-2-1-3-12(13)15(26(23,24)25)9-14(16)20-19-11-7-5-10(6-8-11)17(21)22;;/h1-9H,18H2,(H,21,22)(H,23,24,25);;/q;2*+1/p-2. The van der Waals surface area contributed by atoms with Gasteiger partial charge in [-0.15, -0.1) is 5.11 Å². The van der Waals surface area contributed by atoms with Crippen LogP contribution in [0.5, 0.6) is 0 Å². The number of azo groups is 1. The molecule has 0 aromatic heterocycles.